The summed E-state index contributed by atoms with van der Waals surface area (Å²) in [5.41, 5.74) is 4.64. The van der Waals surface area contributed by atoms with E-state index in [9.17, 15) is 24.1 Å². The fourth-order valence-corrected chi connectivity index (χ4v) is 4.79. The van der Waals surface area contributed by atoms with Gasteiger partial charge in [-0.1, -0.05) is 18.2 Å². The summed E-state index contributed by atoms with van der Waals surface area (Å²) in [5, 5.41) is 13.1. The third-order valence-corrected chi connectivity index (χ3v) is 6.62. The van der Waals surface area contributed by atoms with Crippen LogP contribution in [0.25, 0.3) is 0 Å². The van der Waals surface area contributed by atoms with Crippen LogP contribution in [0.5, 0.6) is 5.75 Å². The fraction of sp³-hybridized carbons (Fsp3) is 0.476. The normalized spacial score (nSPS) is 24.6. The lowest BCUT2D eigenvalue weighted by Gasteiger charge is -2.25. The van der Waals surface area contributed by atoms with Crippen molar-refractivity contribution in [2.45, 2.75) is 57.4 Å². The van der Waals surface area contributed by atoms with Crippen LogP contribution >= 0.6 is 7.75 Å². The summed E-state index contributed by atoms with van der Waals surface area (Å²) in [7, 11) is -4.20. The molecule has 0 bridgehead atoms. The second kappa shape index (κ2) is 11.3. The number of ether oxygens (including phenoxy) is 2. The highest BCUT2D eigenvalue weighted by molar-refractivity contribution is 7.52. The predicted molar refractivity (Wildman–Crippen MR) is 124 cm³/mol. The number of nitrogens with one attached hydrogen (secondary N) is 2. The number of benzene rings is 1. The van der Waals surface area contributed by atoms with Gasteiger partial charge >= 0.3 is 19.4 Å². The largest absolute Gasteiger partial charge is 0.462 e. The van der Waals surface area contributed by atoms with Crippen LogP contribution in [-0.2, 0) is 23.4 Å². The Morgan fingerprint density at radius 2 is 1.94 bits per heavy atom. The van der Waals surface area contributed by atoms with Crippen molar-refractivity contribution in [3.63, 3.8) is 0 Å². The van der Waals surface area contributed by atoms with Gasteiger partial charge in [0.1, 0.15) is 24.0 Å². The summed E-state index contributed by atoms with van der Waals surface area (Å²) in [5.74, 6) is -0.466. The van der Waals surface area contributed by atoms with Gasteiger partial charge in [-0.15, -0.1) is 0 Å². The van der Waals surface area contributed by atoms with Crippen LogP contribution in [0, 0.1) is 0 Å². The molecule has 192 valence electrons. The van der Waals surface area contributed by atoms with Crippen LogP contribution < -0.4 is 26.6 Å². The number of H-pyrrole nitrogens is 1. The van der Waals surface area contributed by atoms with Gasteiger partial charge in [0.15, 0.2) is 6.23 Å². The highest BCUT2D eigenvalue weighted by atomic mass is 31.2. The number of aromatic nitrogens is 2. The summed E-state index contributed by atoms with van der Waals surface area (Å²) in [6, 6.07) is 7.13. The van der Waals surface area contributed by atoms with Gasteiger partial charge in [0.25, 0.3) is 5.56 Å². The molecule has 0 saturated carbocycles. The van der Waals surface area contributed by atoms with Gasteiger partial charge in [-0.25, -0.2) is 9.36 Å². The van der Waals surface area contributed by atoms with Gasteiger partial charge in [0.2, 0.25) is 0 Å². The monoisotopic (exact) mass is 512 g/mol. The van der Waals surface area contributed by atoms with Crippen molar-refractivity contribution in [3.8, 4) is 5.75 Å². The highest BCUT2D eigenvalue weighted by Gasteiger charge is 2.44. The summed E-state index contributed by atoms with van der Waals surface area (Å²) < 4.78 is 36.5. The average Bonchev–Trinajstić information content (AvgIpc) is 3.06. The van der Waals surface area contributed by atoms with Crippen molar-refractivity contribution in [1.29, 1.82) is 0 Å². The van der Waals surface area contributed by atoms with Crippen molar-refractivity contribution >= 4 is 13.7 Å². The number of rotatable bonds is 10. The quantitative estimate of drug-likeness (QED) is 0.253. The van der Waals surface area contributed by atoms with E-state index in [1.165, 1.54) is 13.1 Å². The molecule has 2 heterocycles. The molecule has 0 aliphatic carbocycles. The minimum Gasteiger partial charge on any atom is -0.462 e. The average molecular weight is 512 g/mol. The molecule has 3 rings (SSSR count). The maximum absolute atomic E-state index is 13.5. The summed E-state index contributed by atoms with van der Waals surface area (Å²) in [6.45, 7) is 4.32. The zero-order chi connectivity index (χ0) is 25.8. The van der Waals surface area contributed by atoms with Crippen LogP contribution in [0.2, 0.25) is 0 Å². The van der Waals surface area contributed by atoms with Gasteiger partial charge in [0.05, 0.1) is 18.8 Å². The van der Waals surface area contributed by atoms with E-state index >= 15 is 0 Å². The van der Waals surface area contributed by atoms with E-state index in [4.69, 9.17) is 24.3 Å². The van der Waals surface area contributed by atoms with E-state index in [1.807, 2.05) is 0 Å². The number of hydrogen-bond donors (Lipinski definition) is 4. The van der Waals surface area contributed by atoms with E-state index in [0.29, 0.717) is 0 Å². The molecule has 2 aromatic rings. The first-order chi connectivity index (χ1) is 16.5. The Hall–Kier alpha value is -2.80. The van der Waals surface area contributed by atoms with Gasteiger partial charge in [-0.3, -0.25) is 23.7 Å². The fourth-order valence-electron chi connectivity index (χ4n) is 3.29. The number of aliphatic hydroxyl groups is 1. The molecular formula is C21H29N4O9P. The molecular weight excluding hydrogens is 483 g/mol. The lowest BCUT2D eigenvalue weighted by molar-refractivity contribution is -0.149. The first-order valence-corrected chi connectivity index (χ1v) is 12.4. The van der Waals surface area contributed by atoms with Crippen LogP contribution in [0.15, 0.2) is 52.2 Å². The molecule has 1 fully saturated rings. The first kappa shape index (κ1) is 26.8. The van der Waals surface area contributed by atoms with Gasteiger partial charge < -0.3 is 24.8 Å². The summed E-state index contributed by atoms with van der Waals surface area (Å²) in [6.07, 6.45) is -2.74. The number of hydrogen-bond acceptors (Lipinski definition) is 10. The second-order valence-electron chi connectivity index (χ2n) is 8.18. The highest BCUT2D eigenvalue weighted by Crippen LogP contribution is 2.45. The number of para-hydroxylation sites is 1. The topological polar surface area (TPSA) is 184 Å². The minimum atomic E-state index is -4.20. The molecule has 1 unspecified atom stereocenters. The van der Waals surface area contributed by atoms with Gasteiger partial charge in [-0.05, 0) is 32.9 Å². The Bertz CT molecular complexity index is 1170. The van der Waals surface area contributed by atoms with E-state index in [1.54, 1.807) is 44.2 Å². The van der Waals surface area contributed by atoms with E-state index in [0.717, 1.165) is 10.6 Å². The van der Waals surface area contributed by atoms with Crippen LogP contribution in [0.3, 0.4) is 0 Å². The summed E-state index contributed by atoms with van der Waals surface area (Å²) in [4.78, 5) is 37.8. The molecule has 0 radical (unpaired) electrons. The Kier molecular flexibility index (Phi) is 8.65. The number of carbonyl (C=O) groups is 1. The number of esters is 1. The first-order valence-electron chi connectivity index (χ1n) is 10.9. The number of aliphatic hydroxyl groups excluding tert-OH is 1. The Morgan fingerprint density at radius 3 is 2.57 bits per heavy atom. The molecule has 6 atom stereocenters. The van der Waals surface area contributed by atoms with Crippen molar-refractivity contribution in [3.05, 3.63) is 63.4 Å². The lowest BCUT2D eigenvalue weighted by atomic mass is 10.1. The van der Waals surface area contributed by atoms with Crippen LogP contribution in [0.4, 0.5) is 0 Å². The SMILES string of the molecule is CC(C)OC(=O)[C@H](C)NP(=O)(OC[C@H]1O[C@@H](n2ccc(=O)[nH]c2=O)[C@H](N)[C@@H]1O)Oc1ccccc1. The molecule has 1 aromatic carbocycles. The lowest BCUT2D eigenvalue weighted by Crippen LogP contribution is -2.43. The molecule has 1 aliphatic heterocycles. The van der Waals surface area contributed by atoms with E-state index < -0.39 is 62.1 Å². The van der Waals surface area contributed by atoms with Crippen molar-refractivity contribution in [2.24, 2.45) is 5.73 Å². The van der Waals surface area contributed by atoms with Gasteiger partial charge in [-0.2, -0.15) is 5.09 Å². The molecule has 13 nitrogen and oxygen atoms in total. The minimum absolute atomic E-state index is 0.204. The zero-order valence-corrected chi connectivity index (χ0v) is 20.3. The molecule has 0 spiro atoms. The molecule has 14 heteroatoms. The van der Waals surface area contributed by atoms with Crippen molar-refractivity contribution < 1.29 is 33.0 Å². The van der Waals surface area contributed by atoms with E-state index in [-0.39, 0.29) is 11.9 Å². The Labute approximate surface area is 200 Å². The smallest absolute Gasteiger partial charge is 0.459 e. The van der Waals surface area contributed by atoms with Crippen LogP contribution in [0.1, 0.15) is 27.0 Å². The molecule has 1 aliphatic rings. The standard InChI is InChI=1S/C21H29N4O9P/c1-12(2)32-20(28)13(3)24-35(30,34-14-7-5-4-6-8-14)31-11-15-18(27)17(22)19(33-15)25-10-9-16(26)23-21(25)29/h4-10,12-13,15,17-19,27H,11,22H2,1-3H3,(H,24,30)(H,23,26,29)/t13-,15+,17+,18+,19+,35?/m0/s1. The van der Waals surface area contributed by atoms with Crippen molar-refractivity contribution in [1.82, 2.24) is 14.6 Å². The molecule has 5 N–H and O–H groups in total. The molecule has 1 aromatic heterocycles. The maximum Gasteiger partial charge on any atom is 0.459 e. The Morgan fingerprint density at radius 1 is 1.26 bits per heavy atom. The van der Waals surface area contributed by atoms with Crippen LogP contribution in [-0.4, -0.2) is 57.6 Å². The van der Waals surface area contributed by atoms with Crippen molar-refractivity contribution in [2.75, 3.05) is 6.61 Å². The second-order valence-corrected chi connectivity index (χ2v) is 9.88. The zero-order valence-electron chi connectivity index (χ0n) is 19.4. The van der Waals surface area contributed by atoms with Gasteiger partial charge in [0, 0.05) is 12.3 Å². The Balaban J connectivity index is 1.75. The molecule has 1 saturated heterocycles. The number of aromatic amines is 1. The number of carbonyl (C=O) groups excluding carboxylic acids is 1. The molecule has 0 amide bonds. The third kappa shape index (κ3) is 6.88. The third-order valence-electron chi connectivity index (χ3n) is 4.98. The predicted octanol–water partition coefficient (Wildman–Crippen LogP) is 0.256. The summed E-state index contributed by atoms with van der Waals surface area (Å²) >= 11 is 0. The maximum atomic E-state index is 13.5. The number of nitrogens with two attached hydrogens (primary N) is 1. The number of nitrogens with zero attached hydrogens (tertiary/aromatic N) is 1. The van der Waals surface area contributed by atoms with E-state index in [2.05, 4.69) is 10.1 Å². The molecule has 35 heavy (non-hydrogen) atoms.